The Kier molecular flexibility index (Phi) is 9.09. The molecular formula is C27H31F5O2. The third-order valence-electron chi connectivity index (χ3n) is 6.73. The van der Waals surface area contributed by atoms with Gasteiger partial charge in [0.15, 0.2) is 17.5 Å². The van der Waals surface area contributed by atoms with Gasteiger partial charge in [-0.3, -0.25) is 0 Å². The fraction of sp³-hybridized carbons (Fsp3) is 0.519. The molecule has 0 saturated heterocycles. The van der Waals surface area contributed by atoms with Crippen molar-refractivity contribution in [2.24, 2.45) is 5.92 Å². The molecule has 2 nitrogen and oxygen atoms in total. The standard InChI is InChI=1S/C27H31F5O2/c1-2-3-4-7-12-27(32)13-10-18(11-14-27)24(30)17-34-26(33)21-9-6-5-8-20(21)19-15-22(28)25(31)23(29)16-19/h5-6,8-9,15-16,18,24H,2-4,7,10-14,17H2,1H3. The maximum atomic E-state index is 15.0. The topological polar surface area (TPSA) is 26.3 Å². The van der Waals surface area contributed by atoms with E-state index in [0.717, 1.165) is 37.8 Å². The van der Waals surface area contributed by atoms with Gasteiger partial charge in [0, 0.05) is 0 Å². The van der Waals surface area contributed by atoms with E-state index in [0.29, 0.717) is 32.1 Å². The molecule has 1 fully saturated rings. The molecule has 0 radical (unpaired) electrons. The van der Waals surface area contributed by atoms with E-state index in [2.05, 4.69) is 6.92 Å². The van der Waals surface area contributed by atoms with Gasteiger partial charge >= 0.3 is 5.97 Å². The molecule has 0 heterocycles. The fourth-order valence-electron chi connectivity index (χ4n) is 4.63. The van der Waals surface area contributed by atoms with Gasteiger partial charge in [-0.2, -0.15) is 0 Å². The molecular weight excluding hydrogens is 451 g/mol. The summed E-state index contributed by atoms with van der Waals surface area (Å²) in [6.07, 6.45) is 4.51. The van der Waals surface area contributed by atoms with E-state index in [-0.39, 0.29) is 22.6 Å². The minimum absolute atomic E-state index is 0.0152. The molecule has 0 bridgehead atoms. The molecule has 1 atom stereocenters. The molecule has 1 saturated carbocycles. The van der Waals surface area contributed by atoms with Crippen LogP contribution in [0.4, 0.5) is 22.0 Å². The lowest BCUT2D eigenvalue weighted by Crippen LogP contribution is -2.34. The van der Waals surface area contributed by atoms with Crippen molar-refractivity contribution >= 4 is 5.97 Å². The Hall–Kier alpha value is -2.44. The molecule has 186 valence electrons. The number of esters is 1. The van der Waals surface area contributed by atoms with Crippen LogP contribution in [-0.4, -0.2) is 24.4 Å². The first kappa shape index (κ1) is 26.2. The highest BCUT2D eigenvalue weighted by Gasteiger charge is 2.37. The van der Waals surface area contributed by atoms with Gasteiger partial charge in [-0.05, 0) is 67.3 Å². The number of ether oxygens (including phenoxy) is 1. The second-order valence-electron chi connectivity index (χ2n) is 9.21. The van der Waals surface area contributed by atoms with Crippen molar-refractivity contribution < 1.29 is 31.5 Å². The maximum absolute atomic E-state index is 15.0. The average molecular weight is 483 g/mol. The molecule has 2 aromatic carbocycles. The molecule has 1 unspecified atom stereocenters. The van der Waals surface area contributed by atoms with Gasteiger partial charge < -0.3 is 4.74 Å². The summed E-state index contributed by atoms with van der Waals surface area (Å²) in [6, 6.07) is 7.49. The zero-order valence-corrected chi connectivity index (χ0v) is 19.4. The maximum Gasteiger partial charge on any atom is 0.338 e. The molecule has 1 aliphatic carbocycles. The largest absolute Gasteiger partial charge is 0.459 e. The van der Waals surface area contributed by atoms with E-state index < -0.39 is 41.9 Å². The number of hydrogen-bond donors (Lipinski definition) is 0. The Morgan fingerprint density at radius 3 is 2.35 bits per heavy atom. The Morgan fingerprint density at radius 1 is 1.06 bits per heavy atom. The number of carbonyl (C=O) groups excluding carboxylic acids is 1. The highest BCUT2D eigenvalue weighted by molar-refractivity contribution is 5.97. The predicted octanol–water partition coefficient (Wildman–Crippen LogP) is 8.13. The minimum Gasteiger partial charge on any atom is -0.459 e. The normalized spacial score (nSPS) is 21.3. The van der Waals surface area contributed by atoms with Crippen molar-refractivity contribution in [2.75, 3.05) is 6.61 Å². The first-order chi connectivity index (χ1) is 16.2. The number of benzene rings is 2. The summed E-state index contributed by atoms with van der Waals surface area (Å²) in [5.41, 5.74) is -1.15. The third kappa shape index (κ3) is 6.57. The second kappa shape index (κ2) is 11.8. The number of alkyl halides is 2. The van der Waals surface area contributed by atoms with Crippen LogP contribution in [0, 0.1) is 23.4 Å². The lowest BCUT2D eigenvalue weighted by Gasteiger charge is -2.35. The number of hydrogen-bond acceptors (Lipinski definition) is 2. The van der Waals surface area contributed by atoms with Crippen molar-refractivity contribution in [3.05, 3.63) is 59.4 Å². The Balaban J connectivity index is 1.57. The van der Waals surface area contributed by atoms with Gasteiger partial charge in [-0.15, -0.1) is 0 Å². The summed E-state index contributed by atoms with van der Waals surface area (Å²) in [7, 11) is 0. The monoisotopic (exact) mass is 482 g/mol. The molecule has 34 heavy (non-hydrogen) atoms. The second-order valence-corrected chi connectivity index (χ2v) is 9.21. The van der Waals surface area contributed by atoms with Crippen LogP contribution < -0.4 is 0 Å². The van der Waals surface area contributed by atoms with Gasteiger partial charge in [0.05, 0.1) is 5.56 Å². The number of carbonyl (C=O) groups is 1. The van der Waals surface area contributed by atoms with E-state index in [1.54, 1.807) is 6.07 Å². The van der Waals surface area contributed by atoms with Crippen LogP contribution in [0.1, 0.15) is 75.1 Å². The average Bonchev–Trinajstić information content (AvgIpc) is 2.83. The highest BCUT2D eigenvalue weighted by atomic mass is 19.2. The van der Waals surface area contributed by atoms with Crippen LogP contribution in [0.2, 0.25) is 0 Å². The fourth-order valence-corrected chi connectivity index (χ4v) is 4.63. The molecule has 0 aromatic heterocycles. The van der Waals surface area contributed by atoms with Crippen LogP contribution in [0.3, 0.4) is 0 Å². The first-order valence-electron chi connectivity index (χ1n) is 12.0. The van der Waals surface area contributed by atoms with Crippen LogP contribution in [0.25, 0.3) is 11.1 Å². The summed E-state index contributed by atoms with van der Waals surface area (Å²) >= 11 is 0. The van der Waals surface area contributed by atoms with Crippen molar-refractivity contribution in [3.63, 3.8) is 0 Å². The van der Waals surface area contributed by atoms with Crippen molar-refractivity contribution in [3.8, 4) is 11.1 Å². The van der Waals surface area contributed by atoms with E-state index in [1.165, 1.54) is 18.2 Å². The van der Waals surface area contributed by atoms with E-state index in [9.17, 15) is 26.7 Å². The number of unbranched alkanes of at least 4 members (excludes halogenated alkanes) is 3. The van der Waals surface area contributed by atoms with Crippen molar-refractivity contribution in [1.82, 2.24) is 0 Å². The van der Waals surface area contributed by atoms with Crippen LogP contribution in [-0.2, 0) is 4.74 Å². The van der Waals surface area contributed by atoms with E-state index in [4.69, 9.17) is 4.74 Å². The molecule has 3 rings (SSSR count). The summed E-state index contributed by atoms with van der Waals surface area (Å²) < 4.78 is 75.6. The summed E-state index contributed by atoms with van der Waals surface area (Å²) in [5, 5.41) is 0. The number of halogens is 5. The minimum atomic E-state index is -1.60. The molecule has 1 aliphatic rings. The molecule has 2 aromatic rings. The Labute approximate surface area is 197 Å². The summed E-state index contributed by atoms with van der Waals surface area (Å²) in [4.78, 5) is 12.6. The van der Waals surface area contributed by atoms with Crippen LogP contribution in [0.15, 0.2) is 36.4 Å². The van der Waals surface area contributed by atoms with Gasteiger partial charge in [0.25, 0.3) is 0 Å². The lowest BCUT2D eigenvalue weighted by atomic mass is 9.76. The van der Waals surface area contributed by atoms with Gasteiger partial charge in [-0.1, -0.05) is 50.8 Å². The Morgan fingerprint density at radius 2 is 1.71 bits per heavy atom. The molecule has 0 spiro atoms. The highest BCUT2D eigenvalue weighted by Crippen LogP contribution is 2.40. The summed E-state index contributed by atoms with van der Waals surface area (Å²) in [6.45, 7) is 1.62. The Bertz CT molecular complexity index is 946. The van der Waals surface area contributed by atoms with Gasteiger partial charge in [-0.25, -0.2) is 26.7 Å². The van der Waals surface area contributed by atoms with Crippen LogP contribution in [0.5, 0.6) is 0 Å². The van der Waals surface area contributed by atoms with Gasteiger partial charge in [0.2, 0.25) is 0 Å². The SMILES string of the molecule is CCCCCCC1(F)CCC(C(F)COC(=O)c2ccccc2-c2cc(F)c(F)c(F)c2)CC1. The number of rotatable bonds is 10. The van der Waals surface area contributed by atoms with Crippen LogP contribution >= 0.6 is 0 Å². The lowest BCUT2D eigenvalue weighted by molar-refractivity contribution is 0.0117. The van der Waals surface area contributed by atoms with Crippen molar-refractivity contribution in [1.29, 1.82) is 0 Å². The predicted molar refractivity (Wildman–Crippen MR) is 121 cm³/mol. The molecule has 0 N–H and O–H groups in total. The molecule has 0 aliphatic heterocycles. The van der Waals surface area contributed by atoms with Crippen molar-refractivity contribution in [2.45, 2.75) is 76.6 Å². The smallest absolute Gasteiger partial charge is 0.338 e. The molecule has 0 amide bonds. The zero-order chi connectivity index (χ0) is 24.7. The van der Waals surface area contributed by atoms with Gasteiger partial charge in [0.1, 0.15) is 18.4 Å². The van der Waals surface area contributed by atoms with E-state index >= 15 is 0 Å². The quantitative estimate of drug-likeness (QED) is 0.148. The third-order valence-corrected chi connectivity index (χ3v) is 6.73. The summed E-state index contributed by atoms with van der Waals surface area (Å²) in [5.74, 6) is -5.60. The van der Waals surface area contributed by atoms with E-state index in [1.807, 2.05) is 0 Å². The zero-order valence-electron chi connectivity index (χ0n) is 19.4. The molecule has 7 heteroatoms. The first-order valence-corrected chi connectivity index (χ1v) is 12.0.